The molecule has 1 aromatic rings. The van der Waals surface area contributed by atoms with Gasteiger partial charge in [-0.15, -0.1) is 0 Å². The second-order valence-corrected chi connectivity index (χ2v) is 4.73. The van der Waals surface area contributed by atoms with Crippen molar-refractivity contribution in [3.63, 3.8) is 0 Å². The highest BCUT2D eigenvalue weighted by Crippen LogP contribution is 2.22. The third-order valence-electron chi connectivity index (χ3n) is 3.05. The zero-order valence-electron chi connectivity index (χ0n) is 10.1. The summed E-state index contributed by atoms with van der Waals surface area (Å²) in [6.07, 6.45) is 1.34. The molecule has 1 aromatic carbocycles. The van der Waals surface area contributed by atoms with E-state index in [2.05, 4.69) is 16.7 Å². The molecule has 1 atom stereocenters. The van der Waals surface area contributed by atoms with Crippen molar-refractivity contribution in [2.45, 2.75) is 19.4 Å². The van der Waals surface area contributed by atoms with Gasteiger partial charge >= 0.3 is 0 Å². The van der Waals surface area contributed by atoms with Gasteiger partial charge in [0.15, 0.2) is 0 Å². The van der Waals surface area contributed by atoms with E-state index in [1.807, 2.05) is 19.1 Å². The summed E-state index contributed by atoms with van der Waals surface area (Å²) in [7, 11) is 0. The topological polar surface area (TPSA) is 33.3 Å². The Hall–Kier alpha value is -0.770. The van der Waals surface area contributed by atoms with Gasteiger partial charge in [0.1, 0.15) is 0 Å². The third kappa shape index (κ3) is 3.60. The number of hydrogen-bond donors (Lipinski definition) is 2. The smallest absolute Gasteiger partial charge is 0.0716 e. The van der Waals surface area contributed by atoms with E-state index in [1.165, 1.54) is 0 Å². The Morgan fingerprint density at radius 2 is 2.41 bits per heavy atom. The lowest BCUT2D eigenvalue weighted by atomic mass is 10.2. The van der Waals surface area contributed by atoms with E-state index in [-0.39, 0.29) is 0 Å². The Balaban J connectivity index is 1.79. The van der Waals surface area contributed by atoms with E-state index in [1.54, 1.807) is 0 Å². The zero-order valence-corrected chi connectivity index (χ0v) is 10.9. The standard InChI is InChI=1S/C13H19ClN2O/c1-10-12(14)3-2-4-13(10)16-6-5-11-9-15-7-8-17-11/h2-4,11,15-16H,5-9H2,1H3. The fourth-order valence-corrected chi connectivity index (χ4v) is 2.15. The highest BCUT2D eigenvalue weighted by molar-refractivity contribution is 6.31. The molecule has 3 nitrogen and oxygen atoms in total. The van der Waals surface area contributed by atoms with Crippen molar-refractivity contribution < 1.29 is 4.74 Å². The zero-order chi connectivity index (χ0) is 12.1. The Morgan fingerprint density at radius 3 is 3.18 bits per heavy atom. The summed E-state index contributed by atoms with van der Waals surface area (Å²) in [4.78, 5) is 0. The van der Waals surface area contributed by atoms with Gasteiger partial charge in [0.25, 0.3) is 0 Å². The number of hydrogen-bond acceptors (Lipinski definition) is 3. The van der Waals surface area contributed by atoms with Crippen LogP contribution in [0, 0.1) is 6.92 Å². The fourth-order valence-electron chi connectivity index (χ4n) is 1.97. The molecule has 0 saturated carbocycles. The van der Waals surface area contributed by atoms with Crippen LogP contribution in [-0.4, -0.2) is 32.3 Å². The Labute approximate surface area is 107 Å². The van der Waals surface area contributed by atoms with Crippen molar-refractivity contribution in [2.24, 2.45) is 0 Å². The number of morpholine rings is 1. The Bertz CT molecular complexity index is 364. The maximum absolute atomic E-state index is 6.07. The number of benzene rings is 1. The number of nitrogens with one attached hydrogen (secondary N) is 2. The average Bonchev–Trinajstić information content (AvgIpc) is 2.36. The van der Waals surface area contributed by atoms with Crippen molar-refractivity contribution in [2.75, 3.05) is 31.6 Å². The molecule has 0 aliphatic carbocycles. The van der Waals surface area contributed by atoms with E-state index < -0.39 is 0 Å². The number of ether oxygens (including phenoxy) is 1. The van der Waals surface area contributed by atoms with E-state index in [9.17, 15) is 0 Å². The predicted molar refractivity (Wildman–Crippen MR) is 71.9 cm³/mol. The Morgan fingerprint density at radius 1 is 1.53 bits per heavy atom. The molecule has 1 heterocycles. The average molecular weight is 255 g/mol. The molecule has 0 spiro atoms. The normalized spacial score (nSPS) is 20.2. The summed E-state index contributed by atoms with van der Waals surface area (Å²) >= 11 is 6.07. The van der Waals surface area contributed by atoms with Gasteiger partial charge in [-0.05, 0) is 31.0 Å². The van der Waals surface area contributed by atoms with Crippen LogP contribution < -0.4 is 10.6 Å². The molecular weight excluding hydrogens is 236 g/mol. The first kappa shape index (κ1) is 12.7. The molecule has 0 radical (unpaired) electrons. The first-order valence-corrected chi connectivity index (χ1v) is 6.46. The van der Waals surface area contributed by atoms with Crippen molar-refractivity contribution in [1.82, 2.24) is 5.32 Å². The van der Waals surface area contributed by atoms with Crippen LogP contribution in [0.5, 0.6) is 0 Å². The summed E-state index contributed by atoms with van der Waals surface area (Å²) in [5.74, 6) is 0. The molecular formula is C13H19ClN2O. The number of halogens is 1. The van der Waals surface area contributed by atoms with Gasteiger partial charge in [0.05, 0.1) is 12.7 Å². The molecule has 0 amide bonds. The van der Waals surface area contributed by atoms with Crippen molar-refractivity contribution in [3.8, 4) is 0 Å². The summed E-state index contributed by atoms with van der Waals surface area (Å²) < 4.78 is 5.64. The molecule has 0 aromatic heterocycles. The highest BCUT2D eigenvalue weighted by Gasteiger charge is 2.12. The van der Waals surface area contributed by atoms with Crippen LogP contribution in [0.25, 0.3) is 0 Å². The van der Waals surface area contributed by atoms with Gasteiger partial charge in [0, 0.05) is 30.3 Å². The molecule has 4 heteroatoms. The number of rotatable bonds is 4. The summed E-state index contributed by atoms with van der Waals surface area (Å²) in [6.45, 7) is 5.69. The first-order valence-electron chi connectivity index (χ1n) is 6.08. The van der Waals surface area contributed by atoms with Crippen molar-refractivity contribution >= 4 is 17.3 Å². The lowest BCUT2D eigenvalue weighted by Gasteiger charge is -2.24. The van der Waals surface area contributed by atoms with E-state index in [4.69, 9.17) is 16.3 Å². The molecule has 2 rings (SSSR count). The summed E-state index contributed by atoms with van der Waals surface area (Å²) in [5, 5.41) is 7.55. The van der Waals surface area contributed by atoms with Crippen LogP contribution in [0.4, 0.5) is 5.69 Å². The molecule has 1 saturated heterocycles. The van der Waals surface area contributed by atoms with Gasteiger partial charge < -0.3 is 15.4 Å². The molecule has 1 fully saturated rings. The lowest BCUT2D eigenvalue weighted by molar-refractivity contribution is 0.0258. The van der Waals surface area contributed by atoms with Crippen LogP contribution in [0.2, 0.25) is 5.02 Å². The fraction of sp³-hybridized carbons (Fsp3) is 0.538. The molecule has 17 heavy (non-hydrogen) atoms. The molecule has 1 aliphatic rings. The van der Waals surface area contributed by atoms with Crippen molar-refractivity contribution in [3.05, 3.63) is 28.8 Å². The monoisotopic (exact) mass is 254 g/mol. The molecule has 2 N–H and O–H groups in total. The minimum atomic E-state index is 0.329. The first-order chi connectivity index (χ1) is 8.27. The second-order valence-electron chi connectivity index (χ2n) is 4.32. The summed E-state index contributed by atoms with van der Waals surface area (Å²) in [5.41, 5.74) is 2.22. The quantitative estimate of drug-likeness (QED) is 0.866. The largest absolute Gasteiger partial charge is 0.385 e. The van der Waals surface area contributed by atoms with E-state index in [0.717, 1.165) is 48.9 Å². The summed E-state index contributed by atoms with van der Waals surface area (Å²) in [6, 6.07) is 5.94. The lowest BCUT2D eigenvalue weighted by Crippen LogP contribution is -2.39. The van der Waals surface area contributed by atoms with Gasteiger partial charge in [-0.2, -0.15) is 0 Å². The van der Waals surface area contributed by atoms with Gasteiger partial charge in [-0.3, -0.25) is 0 Å². The molecule has 0 bridgehead atoms. The second kappa shape index (κ2) is 6.24. The maximum atomic E-state index is 6.07. The third-order valence-corrected chi connectivity index (χ3v) is 3.46. The maximum Gasteiger partial charge on any atom is 0.0716 e. The van der Waals surface area contributed by atoms with Gasteiger partial charge in [-0.25, -0.2) is 0 Å². The van der Waals surface area contributed by atoms with Crippen LogP contribution in [-0.2, 0) is 4.74 Å². The van der Waals surface area contributed by atoms with Gasteiger partial charge in [-0.1, -0.05) is 17.7 Å². The van der Waals surface area contributed by atoms with Crippen LogP contribution in [0.15, 0.2) is 18.2 Å². The van der Waals surface area contributed by atoms with E-state index >= 15 is 0 Å². The minimum absolute atomic E-state index is 0.329. The van der Waals surface area contributed by atoms with Crippen molar-refractivity contribution in [1.29, 1.82) is 0 Å². The van der Waals surface area contributed by atoms with Gasteiger partial charge in [0.2, 0.25) is 0 Å². The Kier molecular flexibility index (Phi) is 4.66. The molecule has 94 valence electrons. The van der Waals surface area contributed by atoms with Crippen LogP contribution in [0.1, 0.15) is 12.0 Å². The number of anilines is 1. The molecule has 1 aliphatic heterocycles. The highest BCUT2D eigenvalue weighted by atomic mass is 35.5. The molecule has 1 unspecified atom stereocenters. The SMILES string of the molecule is Cc1c(Cl)cccc1NCCC1CNCCO1. The van der Waals surface area contributed by atoms with Crippen LogP contribution in [0.3, 0.4) is 0 Å². The van der Waals surface area contributed by atoms with E-state index in [0.29, 0.717) is 6.10 Å². The van der Waals surface area contributed by atoms with Crippen LogP contribution >= 0.6 is 11.6 Å². The minimum Gasteiger partial charge on any atom is -0.385 e. The predicted octanol–water partition coefficient (Wildman–Crippen LogP) is 2.44.